The maximum Gasteiger partial charge on any atom is 0.101 e. The Balaban J connectivity index is 1.21. The lowest BCUT2D eigenvalue weighted by Gasteiger charge is -2.17. The monoisotopic (exact) mass is 715 g/mol. The molecular formula is C51H33N5. The largest absolute Gasteiger partial charge is 0.309 e. The van der Waals surface area contributed by atoms with Crippen LogP contribution in [0.5, 0.6) is 0 Å². The lowest BCUT2D eigenvalue weighted by atomic mass is 9.99. The summed E-state index contributed by atoms with van der Waals surface area (Å²) in [6, 6.07) is 57.0. The zero-order valence-corrected chi connectivity index (χ0v) is 30.6. The van der Waals surface area contributed by atoms with E-state index < -0.39 is 0 Å². The van der Waals surface area contributed by atoms with Crippen LogP contribution in [0.3, 0.4) is 0 Å². The van der Waals surface area contributed by atoms with E-state index in [1.165, 1.54) is 0 Å². The number of rotatable bonds is 6. The molecule has 56 heavy (non-hydrogen) atoms. The molecule has 0 saturated heterocycles. The Morgan fingerprint density at radius 2 is 1.20 bits per heavy atom. The molecule has 5 nitrogen and oxygen atoms in total. The highest BCUT2D eigenvalue weighted by Crippen LogP contribution is 2.42. The lowest BCUT2D eigenvalue weighted by Crippen LogP contribution is -2.02. The van der Waals surface area contributed by atoms with E-state index in [0.29, 0.717) is 11.1 Å². The van der Waals surface area contributed by atoms with E-state index in [9.17, 15) is 10.5 Å². The standard InChI is InChI=1S/C51H33N5/c1-3-13-43-37(4-2)39-15-5-9-20-45(39)55(43)48-22-12-23-49-50(48)41-17-7-10-21-46(41)56(49)51-35(32-53)14-11-18-38(51)34-25-27-36(28-26-34)54-44-19-8-6-16-40(44)42-30-33(31-52)24-29-47(42)54/h3-30H,2H2,1H3/b13-3-. The van der Waals surface area contributed by atoms with E-state index in [1.807, 2.05) is 55.5 Å². The highest BCUT2D eigenvalue weighted by molar-refractivity contribution is 6.15. The molecule has 0 aliphatic heterocycles. The smallest absolute Gasteiger partial charge is 0.101 e. The molecule has 10 aromatic rings. The van der Waals surface area contributed by atoms with Gasteiger partial charge in [0.25, 0.3) is 0 Å². The van der Waals surface area contributed by atoms with Gasteiger partial charge in [-0.1, -0.05) is 104 Å². The fourth-order valence-corrected chi connectivity index (χ4v) is 8.73. The molecule has 0 radical (unpaired) electrons. The van der Waals surface area contributed by atoms with Crippen molar-refractivity contribution >= 4 is 66.7 Å². The molecule has 0 amide bonds. The Morgan fingerprint density at radius 3 is 1.91 bits per heavy atom. The summed E-state index contributed by atoms with van der Waals surface area (Å²) in [7, 11) is 0. The number of hydrogen-bond acceptors (Lipinski definition) is 2. The van der Waals surface area contributed by atoms with Gasteiger partial charge in [0, 0.05) is 43.7 Å². The molecule has 262 valence electrons. The van der Waals surface area contributed by atoms with Crippen molar-refractivity contribution in [2.75, 3.05) is 0 Å². The Bertz CT molecular complexity index is 3350. The SMILES string of the molecule is C=Cc1c(/C=C\C)n(-c2cccc3c2c2ccccc2n3-c2c(C#N)cccc2-c2ccc(-n3c4ccccc4c4cc(C#N)ccc43)cc2)c2ccccc12. The number of para-hydroxylation sites is 4. The normalized spacial score (nSPS) is 11.6. The van der Waals surface area contributed by atoms with Crippen LogP contribution in [0.4, 0.5) is 0 Å². The quantitative estimate of drug-likeness (QED) is 0.172. The molecule has 5 heteroatoms. The molecule has 0 N–H and O–H groups in total. The second-order valence-corrected chi connectivity index (χ2v) is 13.9. The van der Waals surface area contributed by atoms with E-state index in [-0.39, 0.29) is 0 Å². The third-order valence-corrected chi connectivity index (χ3v) is 11.0. The summed E-state index contributed by atoms with van der Waals surface area (Å²) in [6.07, 6.45) is 6.18. The van der Waals surface area contributed by atoms with Gasteiger partial charge in [0.05, 0.1) is 61.8 Å². The maximum atomic E-state index is 10.7. The Labute approximate surface area is 323 Å². The minimum absolute atomic E-state index is 0.588. The Morgan fingerprint density at radius 1 is 0.554 bits per heavy atom. The van der Waals surface area contributed by atoms with Crippen molar-refractivity contribution in [3.05, 3.63) is 187 Å². The summed E-state index contributed by atoms with van der Waals surface area (Å²) in [6.45, 7) is 6.25. The molecule has 3 aromatic heterocycles. The third kappa shape index (κ3) is 4.72. The van der Waals surface area contributed by atoms with Gasteiger partial charge in [-0.15, -0.1) is 0 Å². The first-order valence-electron chi connectivity index (χ1n) is 18.6. The zero-order valence-electron chi connectivity index (χ0n) is 30.6. The van der Waals surface area contributed by atoms with Crippen LogP contribution >= 0.6 is 0 Å². The summed E-state index contributed by atoms with van der Waals surface area (Å²) >= 11 is 0. The Kier molecular flexibility index (Phi) is 7.56. The molecule has 7 aromatic carbocycles. The predicted octanol–water partition coefficient (Wildman–Crippen LogP) is 12.9. The van der Waals surface area contributed by atoms with Crippen molar-refractivity contribution in [1.29, 1.82) is 10.5 Å². The van der Waals surface area contributed by atoms with E-state index in [1.54, 1.807) is 0 Å². The van der Waals surface area contributed by atoms with Crippen LogP contribution in [-0.2, 0) is 0 Å². The van der Waals surface area contributed by atoms with E-state index >= 15 is 0 Å². The molecule has 0 aliphatic carbocycles. The van der Waals surface area contributed by atoms with Crippen LogP contribution in [-0.4, -0.2) is 13.7 Å². The second-order valence-electron chi connectivity index (χ2n) is 13.9. The minimum atomic E-state index is 0.588. The number of aromatic nitrogens is 3. The predicted molar refractivity (Wildman–Crippen MR) is 232 cm³/mol. The van der Waals surface area contributed by atoms with Gasteiger partial charge in [0.1, 0.15) is 6.07 Å². The number of fused-ring (bicyclic) bond motifs is 7. The van der Waals surface area contributed by atoms with Crippen LogP contribution in [0, 0.1) is 22.7 Å². The van der Waals surface area contributed by atoms with Crippen molar-refractivity contribution in [1.82, 2.24) is 13.7 Å². The third-order valence-electron chi connectivity index (χ3n) is 11.0. The van der Waals surface area contributed by atoms with E-state index in [0.717, 1.165) is 94.0 Å². The molecule has 3 heterocycles. The summed E-state index contributed by atoms with van der Waals surface area (Å²) < 4.78 is 6.86. The van der Waals surface area contributed by atoms with Gasteiger partial charge >= 0.3 is 0 Å². The molecule has 0 bridgehead atoms. The first-order chi connectivity index (χ1) is 27.6. The maximum absolute atomic E-state index is 10.7. The number of hydrogen-bond donors (Lipinski definition) is 0. The number of benzene rings is 7. The summed E-state index contributed by atoms with van der Waals surface area (Å²) in [5.74, 6) is 0. The number of nitrogens with zero attached hydrogens (tertiary/aromatic N) is 5. The fraction of sp³-hybridized carbons (Fsp3) is 0.0196. The van der Waals surface area contributed by atoms with Crippen LogP contribution in [0.15, 0.2) is 164 Å². The first kappa shape index (κ1) is 32.8. The van der Waals surface area contributed by atoms with Gasteiger partial charge in [0.15, 0.2) is 0 Å². The van der Waals surface area contributed by atoms with Gasteiger partial charge in [0.2, 0.25) is 0 Å². The Hall–Kier alpha value is -7.86. The van der Waals surface area contributed by atoms with Crippen LogP contribution in [0.2, 0.25) is 0 Å². The summed E-state index contributed by atoms with van der Waals surface area (Å²) in [5, 5.41) is 25.8. The molecule has 0 saturated carbocycles. The molecule has 0 atom stereocenters. The molecule has 0 spiro atoms. The fourth-order valence-electron chi connectivity index (χ4n) is 8.73. The average molecular weight is 716 g/mol. The van der Waals surface area contributed by atoms with Crippen molar-refractivity contribution in [3.63, 3.8) is 0 Å². The highest BCUT2D eigenvalue weighted by Gasteiger charge is 2.23. The van der Waals surface area contributed by atoms with Crippen molar-refractivity contribution < 1.29 is 0 Å². The molecule has 0 aliphatic rings. The van der Waals surface area contributed by atoms with Crippen LogP contribution in [0.25, 0.3) is 94.9 Å². The first-order valence-corrected chi connectivity index (χ1v) is 18.6. The lowest BCUT2D eigenvalue weighted by molar-refractivity contribution is 1.12. The van der Waals surface area contributed by atoms with Crippen molar-refractivity contribution in [2.45, 2.75) is 6.92 Å². The summed E-state index contributed by atoms with van der Waals surface area (Å²) in [5.41, 5.74) is 13.5. The van der Waals surface area contributed by atoms with Gasteiger partial charge in [-0.2, -0.15) is 10.5 Å². The van der Waals surface area contributed by atoms with Crippen molar-refractivity contribution in [2.24, 2.45) is 0 Å². The van der Waals surface area contributed by atoms with E-state index in [2.05, 4.69) is 154 Å². The highest BCUT2D eigenvalue weighted by atomic mass is 15.0. The van der Waals surface area contributed by atoms with Crippen LogP contribution < -0.4 is 0 Å². The van der Waals surface area contributed by atoms with Crippen molar-refractivity contribution in [3.8, 4) is 40.3 Å². The van der Waals surface area contributed by atoms with Gasteiger partial charge in [-0.05, 0) is 85.3 Å². The zero-order chi connectivity index (χ0) is 37.9. The second kappa shape index (κ2) is 12.9. The number of nitriles is 2. The van der Waals surface area contributed by atoms with Gasteiger partial charge < -0.3 is 13.7 Å². The topological polar surface area (TPSA) is 62.4 Å². The minimum Gasteiger partial charge on any atom is -0.309 e. The number of allylic oxidation sites excluding steroid dienone is 1. The van der Waals surface area contributed by atoms with Gasteiger partial charge in [-0.25, -0.2) is 0 Å². The molecule has 0 fully saturated rings. The average Bonchev–Trinajstić information content (AvgIpc) is 3.88. The van der Waals surface area contributed by atoms with Gasteiger partial charge in [-0.3, -0.25) is 0 Å². The van der Waals surface area contributed by atoms with Crippen LogP contribution in [0.1, 0.15) is 29.3 Å². The summed E-state index contributed by atoms with van der Waals surface area (Å²) in [4.78, 5) is 0. The van der Waals surface area contributed by atoms with E-state index in [4.69, 9.17) is 0 Å². The molecule has 10 rings (SSSR count). The molecule has 0 unspecified atom stereocenters. The molecular weight excluding hydrogens is 683 g/mol.